The summed E-state index contributed by atoms with van der Waals surface area (Å²) in [6, 6.07) is 4.37. The second-order valence-electron chi connectivity index (χ2n) is 5.29. The summed E-state index contributed by atoms with van der Waals surface area (Å²) in [6.45, 7) is -0.278. The molecule has 158 valence electrons. The number of aromatic hydroxyl groups is 1. The molecule has 2 atom stereocenters. The Kier molecular flexibility index (Phi) is 14.4. The number of phenols is 1. The summed E-state index contributed by atoms with van der Waals surface area (Å²) in [5.74, 6) is -4.02. The Morgan fingerprint density at radius 3 is 1.57 bits per heavy atom. The van der Waals surface area contributed by atoms with Crippen LogP contribution in [-0.2, 0) is 25.6 Å². The number of benzene rings is 1. The predicted molar refractivity (Wildman–Crippen MR) is 96.6 cm³/mol. The number of carboxylic acids is 4. The van der Waals surface area contributed by atoms with Crippen LogP contribution in [0, 0.1) is 0 Å². The summed E-state index contributed by atoms with van der Waals surface area (Å²) in [5.41, 5.74) is 15.7. The SMILES string of the molecule is NCC(=O)O.N[C@H](CCC(=O)O)C(=O)O.N[C@H](Cc1ccc(O)cc1)C(=O)O. The van der Waals surface area contributed by atoms with Gasteiger partial charge in [0.25, 0.3) is 0 Å². The van der Waals surface area contributed by atoms with E-state index in [0.29, 0.717) is 0 Å². The van der Waals surface area contributed by atoms with Crippen molar-refractivity contribution in [3.05, 3.63) is 29.8 Å². The molecule has 1 aromatic carbocycles. The molecule has 0 amide bonds. The van der Waals surface area contributed by atoms with E-state index >= 15 is 0 Å². The van der Waals surface area contributed by atoms with E-state index < -0.39 is 36.0 Å². The monoisotopic (exact) mass is 403 g/mol. The second-order valence-corrected chi connectivity index (χ2v) is 5.29. The average molecular weight is 403 g/mol. The lowest BCUT2D eigenvalue weighted by Gasteiger charge is -2.05. The molecule has 0 fully saturated rings. The van der Waals surface area contributed by atoms with E-state index in [9.17, 15) is 19.2 Å². The fourth-order valence-electron chi connectivity index (χ4n) is 1.38. The summed E-state index contributed by atoms with van der Waals surface area (Å²) in [6.07, 6.45) is 0.0494. The summed E-state index contributed by atoms with van der Waals surface area (Å²) in [7, 11) is 0. The first kappa shape index (κ1) is 27.0. The van der Waals surface area contributed by atoms with Crippen LogP contribution in [0.3, 0.4) is 0 Å². The third-order valence-corrected chi connectivity index (χ3v) is 2.87. The lowest BCUT2D eigenvalue weighted by molar-refractivity contribution is -0.140. The molecule has 11 N–H and O–H groups in total. The summed E-state index contributed by atoms with van der Waals surface area (Å²) in [5, 5.41) is 41.3. The molecule has 1 rings (SSSR count). The Morgan fingerprint density at radius 1 is 0.821 bits per heavy atom. The number of carbonyl (C=O) groups is 4. The quantitative estimate of drug-likeness (QED) is 0.250. The second kappa shape index (κ2) is 14.9. The minimum absolute atomic E-state index is 0.0231. The maximum absolute atomic E-state index is 10.4. The summed E-state index contributed by atoms with van der Waals surface area (Å²) < 4.78 is 0. The highest BCUT2D eigenvalue weighted by molar-refractivity contribution is 5.74. The molecule has 0 aliphatic rings. The van der Waals surface area contributed by atoms with Crippen LogP contribution < -0.4 is 17.2 Å². The highest BCUT2D eigenvalue weighted by Crippen LogP contribution is 2.10. The number of carboxylic acid groups (broad SMARTS) is 4. The Morgan fingerprint density at radius 2 is 1.25 bits per heavy atom. The lowest BCUT2D eigenvalue weighted by Crippen LogP contribution is -2.32. The zero-order valence-electron chi connectivity index (χ0n) is 14.9. The van der Waals surface area contributed by atoms with E-state index in [1.807, 2.05) is 0 Å². The maximum Gasteiger partial charge on any atom is 0.320 e. The van der Waals surface area contributed by atoms with Crippen LogP contribution >= 0.6 is 0 Å². The first-order chi connectivity index (χ1) is 12.9. The topological polar surface area (TPSA) is 247 Å². The van der Waals surface area contributed by atoms with Gasteiger partial charge in [-0.05, 0) is 30.5 Å². The van der Waals surface area contributed by atoms with Gasteiger partial charge in [-0.25, -0.2) is 0 Å². The minimum Gasteiger partial charge on any atom is -0.508 e. The maximum atomic E-state index is 10.4. The zero-order valence-corrected chi connectivity index (χ0v) is 14.9. The fourth-order valence-corrected chi connectivity index (χ4v) is 1.38. The standard InChI is InChI=1S/C9H11NO3.C5H9NO4.C2H5NO2/c10-8(9(12)13)5-6-1-3-7(11)4-2-6;6-3(5(9)10)1-2-4(7)8;3-1-2(4)5/h1-4,8,11H,5,10H2,(H,12,13);3H,1-2,6H2,(H,7,8)(H,9,10);1,3H2,(H,4,5)/t8-;3-;/m11./s1. The number of aliphatic carboxylic acids is 4. The number of phenolic OH excluding ortho intramolecular Hbond substituents is 1. The van der Waals surface area contributed by atoms with Gasteiger partial charge in [-0.2, -0.15) is 0 Å². The molecule has 0 unspecified atom stereocenters. The molecule has 0 bridgehead atoms. The van der Waals surface area contributed by atoms with Crippen molar-refractivity contribution < 1.29 is 44.7 Å². The van der Waals surface area contributed by atoms with Gasteiger partial charge in [-0.15, -0.1) is 0 Å². The van der Waals surface area contributed by atoms with Gasteiger partial charge >= 0.3 is 23.9 Å². The molecule has 0 radical (unpaired) electrons. The van der Waals surface area contributed by atoms with Crippen LogP contribution in [0.25, 0.3) is 0 Å². The molecule has 0 spiro atoms. The van der Waals surface area contributed by atoms with E-state index in [1.54, 1.807) is 12.1 Å². The first-order valence-corrected chi connectivity index (χ1v) is 7.79. The molecule has 0 aliphatic carbocycles. The van der Waals surface area contributed by atoms with Gasteiger partial charge in [-0.1, -0.05) is 12.1 Å². The zero-order chi connectivity index (χ0) is 22.3. The van der Waals surface area contributed by atoms with Crippen molar-refractivity contribution in [1.29, 1.82) is 0 Å². The molecular formula is C16H25N3O9. The molecule has 28 heavy (non-hydrogen) atoms. The Balaban J connectivity index is 0. The van der Waals surface area contributed by atoms with Crippen LogP contribution in [0.4, 0.5) is 0 Å². The van der Waals surface area contributed by atoms with Gasteiger partial charge in [0, 0.05) is 6.42 Å². The van der Waals surface area contributed by atoms with Crippen LogP contribution in [-0.4, -0.2) is 68.0 Å². The average Bonchev–Trinajstić information content (AvgIpc) is 2.62. The van der Waals surface area contributed by atoms with Gasteiger partial charge in [0.1, 0.15) is 17.8 Å². The van der Waals surface area contributed by atoms with Crippen LogP contribution in [0.1, 0.15) is 18.4 Å². The third-order valence-electron chi connectivity index (χ3n) is 2.87. The molecule has 0 aliphatic heterocycles. The highest BCUT2D eigenvalue weighted by atomic mass is 16.4. The Hall–Kier alpha value is -3.22. The van der Waals surface area contributed by atoms with E-state index in [-0.39, 0.29) is 31.6 Å². The van der Waals surface area contributed by atoms with Crippen LogP contribution in [0.5, 0.6) is 5.75 Å². The van der Waals surface area contributed by atoms with Gasteiger partial charge in [0.05, 0.1) is 6.54 Å². The van der Waals surface area contributed by atoms with Crippen LogP contribution in [0.2, 0.25) is 0 Å². The van der Waals surface area contributed by atoms with E-state index in [1.165, 1.54) is 12.1 Å². The number of rotatable bonds is 8. The first-order valence-electron chi connectivity index (χ1n) is 7.79. The molecule has 12 nitrogen and oxygen atoms in total. The van der Waals surface area contributed by atoms with Crippen LogP contribution in [0.15, 0.2) is 24.3 Å². The minimum atomic E-state index is -1.17. The lowest BCUT2D eigenvalue weighted by atomic mass is 10.1. The van der Waals surface area contributed by atoms with Gasteiger partial charge in [0.15, 0.2) is 0 Å². The summed E-state index contributed by atoms with van der Waals surface area (Å²) >= 11 is 0. The number of nitrogens with two attached hydrogens (primary N) is 3. The Bertz CT molecular complexity index is 635. The smallest absolute Gasteiger partial charge is 0.320 e. The molecule has 12 heteroatoms. The molecular weight excluding hydrogens is 378 g/mol. The van der Waals surface area contributed by atoms with Crippen molar-refractivity contribution in [3.63, 3.8) is 0 Å². The Labute approximate surface area is 160 Å². The molecule has 1 aromatic rings. The fraction of sp³-hybridized carbons (Fsp3) is 0.375. The highest BCUT2D eigenvalue weighted by Gasteiger charge is 2.12. The number of hydrogen-bond acceptors (Lipinski definition) is 8. The van der Waals surface area contributed by atoms with E-state index in [2.05, 4.69) is 5.73 Å². The van der Waals surface area contributed by atoms with Crippen molar-refractivity contribution in [1.82, 2.24) is 0 Å². The van der Waals surface area contributed by atoms with Gasteiger partial charge < -0.3 is 42.7 Å². The van der Waals surface area contributed by atoms with Gasteiger partial charge in [0.2, 0.25) is 0 Å². The molecule has 0 saturated carbocycles. The van der Waals surface area contributed by atoms with Crippen molar-refractivity contribution in [2.45, 2.75) is 31.3 Å². The third kappa shape index (κ3) is 16.3. The normalized spacial score (nSPS) is 11.5. The summed E-state index contributed by atoms with van der Waals surface area (Å²) in [4.78, 5) is 39.5. The van der Waals surface area contributed by atoms with Gasteiger partial charge in [-0.3, -0.25) is 19.2 Å². The molecule has 0 saturated heterocycles. The van der Waals surface area contributed by atoms with Crippen molar-refractivity contribution >= 4 is 23.9 Å². The largest absolute Gasteiger partial charge is 0.508 e. The molecule has 0 aromatic heterocycles. The molecule has 0 heterocycles. The van der Waals surface area contributed by atoms with Crippen molar-refractivity contribution in [3.8, 4) is 5.75 Å². The van der Waals surface area contributed by atoms with E-state index in [0.717, 1.165) is 5.56 Å². The van der Waals surface area contributed by atoms with E-state index in [4.69, 9.17) is 37.0 Å². The predicted octanol–water partition coefficient (Wildman–Crippen LogP) is -1.36. The number of hydrogen-bond donors (Lipinski definition) is 8. The van der Waals surface area contributed by atoms with Crippen molar-refractivity contribution in [2.75, 3.05) is 6.54 Å². The van der Waals surface area contributed by atoms with Crippen molar-refractivity contribution in [2.24, 2.45) is 17.2 Å².